The van der Waals surface area contributed by atoms with Crippen molar-refractivity contribution in [1.29, 1.82) is 0 Å². The molecule has 2 aromatic rings. The van der Waals surface area contributed by atoms with Gasteiger partial charge in [0, 0.05) is 6.26 Å². The van der Waals surface area contributed by atoms with Crippen LogP contribution < -0.4 is 11.1 Å². The summed E-state index contributed by atoms with van der Waals surface area (Å²) in [5.41, 5.74) is 8.75. The van der Waals surface area contributed by atoms with E-state index in [2.05, 4.69) is 12.2 Å². The molecule has 0 aliphatic carbocycles. The summed E-state index contributed by atoms with van der Waals surface area (Å²) in [6, 6.07) is 13.6. The Morgan fingerprint density at radius 3 is 2.30 bits per heavy atom. The molecule has 2 atom stereocenters. The second-order valence-electron chi connectivity index (χ2n) is 6.78. The molecular weight excluding hydrogens is 360 g/mol. The lowest BCUT2D eigenvalue weighted by Gasteiger charge is -2.22. The summed E-state index contributed by atoms with van der Waals surface area (Å²) in [4.78, 5) is 12.8. The topological polar surface area (TPSA) is 89.3 Å². The van der Waals surface area contributed by atoms with E-state index in [1.807, 2.05) is 37.3 Å². The van der Waals surface area contributed by atoms with Crippen LogP contribution in [0.15, 0.2) is 53.4 Å². The van der Waals surface area contributed by atoms with Crippen molar-refractivity contribution in [3.05, 3.63) is 65.2 Å². The SMILES string of the molecule is CCCC(N)C(=O)NC(c1ccc(CC)cc1)c1cccc(S(C)(=O)=O)c1. The number of amides is 1. The fourth-order valence-corrected chi connectivity index (χ4v) is 3.60. The number of nitrogens with two attached hydrogens (primary N) is 1. The Bertz CT molecular complexity index is 877. The summed E-state index contributed by atoms with van der Waals surface area (Å²) >= 11 is 0. The van der Waals surface area contributed by atoms with Gasteiger partial charge in [-0.25, -0.2) is 8.42 Å². The number of nitrogens with one attached hydrogen (secondary N) is 1. The highest BCUT2D eigenvalue weighted by Gasteiger charge is 2.21. The van der Waals surface area contributed by atoms with Gasteiger partial charge in [-0.15, -0.1) is 0 Å². The zero-order valence-corrected chi connectivity index (χ0v) is 16.9. The molecule has 0 heterocycles. The van der Waals surface area contributed by atoms with Gasteiger partial charge in [0.15, 0.2) is 9.84 Å². The predicted molar refractivity (Wildman–Crippen MR) is 108 cm³/mol. The van der Waals surface area contributed by atoms with Crippen LogP contribution in [0, 0.1) is 0 Å². The van der Waals surface area contributed by atoms with E-state index in [1.165, 1.54) is 11.8 Å². The predicted octanol–water partition coefficient (Wildman–Crippen LogP) is 2.99. The van der Waals surface area contributed by atoms with Gasteiger partial charge < -0.3 is 11.1 Å². The largest absolute Gasteiger partial charge is 0.344 e. The van der Waals surface area contributed by atoms with Crippen molar-refractivity contribution in [2.75, 3.05) is 6.26 Å². The van der Waals surface area contributed by atoms with Crippen LogP contribution in [0.3, 0.4) is 0 Å². The summed E-state index contributed by atoms with van der Waals surface area (Å²) in [6.45, 7) is 4.05. The summed E-state index contributed by atoms with van der Waals surface area (Å²) in [5, 5.41) is 2.99. The van der Waals surface area contributed by atoms with Crippen molar-refractivity contribution in [3.8, 4) is 0 Å². The number of carbonyl (C=O) groups excluding carboxylic acids is 1. The number of hydrogen-bond donors (Lipinski definition) is 2. The lowest BCUT2D eigenvalue weighted by Crippen LogP contribution is -2.42. The van der Waals surface area contributed by atoms with Gasteiger partial charge in [0.2, 0.25) is 5.91 Å². The average molecular weight is 389 g/mol. The average Bonchev–Trinajstić information content (AvgIpc) is 2.65. The number of hydrogen-bond acceptors (Lipinski definition) is 4. The monoisotopic (exact) mass is 388 g/mol. The molecule has 0 aliphatic heterocycles. The van der Waals surface area contributed by atoms with Crippen LogP contribution in [0.5, 0.6) is 0 Å². The first-order valence-electron chi connectivity index (χ1n) is 9.21. The minimum Gasteiger partial charge on any atom is -0.344 e. The molecule has 27 heavy (non-hydrogen) atoms. The Morgan fingerprint density at radius 1 is 1.07 bits per heavy atom. The Kier molecular flexibility index (Phi) is 7.16. The van der Waals surface area contributed by atoms with E-state index in [0.29, 0.717) is 12.0 Å². The van der Waals surface area contributed by atoms with Gasteiger partial charge in [0.1, 0.15) is 0 Å². The van der Waals surface area contributed by atoms with Crippen molar-refractivity contribution in [2.45, 2.75) is 50.1 Å². The van der Waals surface area contributed by atoms with Crippen molar-refractivity contribution >= 4 is 15.7 Å². The van der Waals surface area contributed by atoms with Gasteiger partial charge in [-0.1, -0.05) is 56.7 Å². The molecule has 0 radical (unpaired) electrons. The molecule has 0 spiro atoms. The number of benzene rings is 2. The van der Waals surface area contributed by atoms with Crippen molar-refractivity contribution in [2.24, 2.45) is 5.73 Å². The number of carbonyl (C=O) groups is 1. The minimum atomic E-state index is -3.34. The highest BCUT2D eigenvalue weighted by atomic mass is 32.2. The lowest BCUT2D eigenvalue weighted by atomic mass is 9.96. The maximum absolute atomic E-state index is 12.5. The van der Waals surface area contributed by atoms with Crippen molar-refractivity contribution in [1.82, 2.24) is 5.32 Å². The van der Waals surface area contributed by atoms with Crippen LogP contribution in [0.1, 0.15) is 49.4 Å². The molecule has 2 unspecified atom stereocenters. The highest BCUT2D eigenvalue weighted by Crippen LogP contribution is 2.25. The molecule has 0 aliphatic rings. The number of aryl methyl sites for hydroxylation is 1. The molecule has 0 saturated heterocycles. The Labute approximate surface area is 161 Å². The van der Waals surface area contributed by atoms with Crippen molar-refractivity contribution < 1.29 is 13.2 Å². The van der Waals surface area contributed by atoms with E-state index in [-0.39, 0.29) is 10.8 Å². The summed E-state index contributed by atoms with van der Waals surface area (Å²) in [7, 11) is -3.34. The van der Waals surface area contributed by atoms with E-state index in [0.717, 1.165) is 18.4 Å². The van der Waals surface area contributed by atoms with Crippen molar-refractivity contribution in [3.63, 3.8) is 0 Å². The third kappa shape index (κ3) is 5.65. The molecule has 5 nitrogen and oxygen atoms in total. The Hall–Kier alpha value is -2.18. The summed E-state index contributed by atoms with van der Waals surface area (Å²) < 4.78 is 23.9. The smallest absolute Gasteiger partial charge is 0.237 e. The van der Waals surface area contributed by atoms with Gasteiger partial charge in [-0.05, 0) is 41.7 Å². The second-order valence-corrected chi connectivity index (χ2v) is 8.79. The van der Waals surface area contributed by atoms with E-state index in [4.69, 9.17) is 5.73 Å². The van der Waals surface area contributed by atoms with E-state index < -0.39 is 21.9 Å². The molecule has 0 aromatic heterocycles. The van der Waals surface area contributed by atoms with Gasteiger partial charge in [0.25, 0.3) is 0 Å². The first-order chi connectivity index (χ1) is 12.8. The third-order valence-corrected chi connectivity index (χ3v) is 5.67. The van der Waals surface area contributed by atoms with Crippen LogP contribution in [0.4, 0.5) is 0 Å². The molecular formula is C21H28N2O3S. The molecule has 0 saturated carbocycles. The Balaban J connectivity index is 2.44. The van der Waals surface area contributed by atoms with Crippen LogP contribution >= 0.6 is 0 Å². The molecule has 0 bridgehead atoms. The fourth-order valence-electron chi connectivity index (χ4n) is 2.92. The molecule has 0 fully saturated rings. The van der Waals surface area contributed by atoms with Gasteiger partial charge in [-0.2, -0.15) is 0 Å². The molecule has 2 rings (SSSR count). The zero-order valence-electron chi connectivity index (χ0n) is 16.1. The maximum atomic E-state index is 12.5. The van der Waals surface area contributed by atoms with Crippen LogP contribution in [-0.2, 0) is 21.1 Å². The van der Waals surface area contributed by atoms with Gasteiger partial charge >= 0.3 is 0 Å². The quantitative estimate of drug-likeness (QED) is 0.727. The van der Waals surface area contributed by atoms with E-state index in [9.17, 15) is 13.2 Å². The lowest BCUT2D eigenvalue weighted by molar-refractivity contribution is -0.123. The normalized spacial score (nSPS) is 13.8. The molecule has 2 aromatic carbocycles. The number of rotatable bonds is 8. The van der Waals surface area contributed by atoms with Gasteiger partial charge in [0.05, 0.1) is 17.0 Å². The minimum absolute atomic E-state index is 0.224. The Morgan fingerprint density at radius 2 is 1.74 bits per heavy atom. The standard InChI is InChI=1S/C21H28N2O3S/c1-4-7-19(22)21(24)23-20(16-12-10-15(5-2)11-13-16)17-8-6-9-18(14-17)27(3,25)26/h6,8-14,19-20H,4-5,7,22H2,1-3H3,(H,23,24). The summed E-state index contributed by atoms with van der Waals surface area (Å²) in [6.07, 6.45) is 3.50. The fraction of sp³-hybridized carbons (Fsp3) is 0.381. The first-order valence-corrected chi connectivity index (χ1v) is 11.1. The molecule has 146 valence electrons. The third-order valence-electron chi connectivity index (χ3n) is 4.56. The summed E-state index contributed by atoms with van der Waals surface area (Å²) in [5.74, 6) is -0.244. The van der Waals surface area contributed by atoms with Gasteiger partial charge in [-0.3, -0.25) is 4.79 Å². The van der Waals surface area contributed by atoms with Crippen LogP contribution in [0.2, 0.25) is 0 Å². The molecule has 3 N–H and O–H groups in total. The first kappa shape index (κ1) is 21.1. The van der Waals surface area contributed by atoms with Crippen LogP contribution in [0.25, 0.3) is 0 Å². The molecule has 6 heteroatoms. The van der Waals surface area contributed by atoms with E-state index in [1.54, 1.807) is 18.2 Å². The second kappa shape index (κ2) is 9.15. The highest BCUT2D eigenvalue weighted by molar-refractivity contribution is 7.90. The number of sulfone groups is 1. The maximum Gasteiger partial charge on any atom is 0.237 e. The van der Waals surface area contributed by atoms with Crippen LogP contribution in [-0.4, -0.2) is 26.6 Å². The van der Waals surface area contributed by atoms with E-state index >= 15 is 0 Å². The zero-order chi connectivity index (χ0) is 20.0. The molecule has 1 amide bonds.